The lowest BCUT2D eigenvalue weighted by Gasteiger charge is -2.18. The summed E-state index contributed by atoms with van der Waals surface area (Å²) in [7, 11) is 1.65. The van der Waals surface area contributed by atoms with Gasteiger partial charge in [-0.2, -0.15) is 0 Å². The van der Waals surface area contributed by atoms with Gasteiger partial charge in [0.1, 0.15) is 5.75 Å². The van der Waals surface area contributed by atoms with E-state index in [0.29, 0.717) is 12.5 Å². The zero-order valence-electron chi connectivity index (χ0n) is 13.8. The Balaban J connectivity index is 2.50. The number of hydrogen-bond acceptors (Lipinski definition) is 2. The van der Waals surface area contributed by atoms with E-state index in [2.05, 4.69) is 24.5 Å². The minimum atomic E-state index is -0.130. The summed E-state index contributed by atoms with van der Waals surface area (Å²) in [5, 5.41) is 5.86. The second-order valence-corrected chi connectivity index (χ2v) is 5.90. The zero-order chi connectivity index (χ0) is 15.8. The molecule has 4 heteroatoms. The van der Waals surface area contributed by atoms with Crippen LogP contribution in [0.25, 0.3) is 0 Å². The number of benzene rings is 1. The summed E-state index contributed by atoms with van der Waals surface area (Å²) in [5.41, 5.74) is 2.15. The van der Waals surface area contributed by atoms with Gasteiger partial charge in [-0.05, 0) is 38.7 Å². The summed E-state index contributed by atoms with van der Waals surface area (Å²) < 4.78 is 5.36. The number of ether oxygens (including phenoxy) is 1. The molecule has 118 valence electrons. The normalized spacial score (nSPS) is 12.1. The summed E-state index contributed by atoms with van der Waals surface area (Å²) in [4.78, 5) is 11.9. The van der Waals surface area contributed by atoms with Gasteiger partial charge in [0.05, 0.1) is 13.2 Å². The van der Waals surface area contributed by atoms with E-state index in [9.17, 15) is 4.79 Å². The third-order valence-electron chi connectivity index (χ3n) is 3.44. The van der Waals surface area contributed by atoms with E-state index in [-0.39, 0.29) is 12.1 Å². The first-order chi connectivity index (χ1) is 9.93. The maximum absolute atomic E-state index is 11.9. The van der Waals surface area contributed by atoms with E-state index in [0.717, 1.165) is 29.7 Å². The molecule has 0 radical (unpaired) electrons. The molecule has 1 aromatic carbocycles. The molecule has 0 aromatic heterocycles. The standard InChI is InChI=1S/C17H28N2O2/c1-12(2)7-6-10-18-17(20)19-14(4)15-11-13(3)8-9-16(15)21-5/h8-9,11-12,14H,6-7,10H2,1-5H3,(H2,18,19,20). The Hall–Kier alpha value is -1.71. The van der Waals surface area contributed by atoms with Crippen molar-refractivity contribution < 1.29 is 9.53 Å². The van der Waals surface area contributed by atoms with Gasteiger partial charge in [-0.1, -0.05) is 31.5 Å². The fraction of sp³-hybridized carbons (Fsp3) is 0.588. The average Bonchev–Trinajstić information content (AvgIpc) is 2.43. The summed E-state index contributed by atoms with van der Waals surface area (Å²) in [6.07, 6.45) is 2.13. The number of urea groups is 1. The first kappa shape index (κ1) is 17.3. The first-order valence-corrected chi connectivity index (χ1v) is 7.63. The van der Waals surface area contributed by atoms with Gasteiger partial charge >= 0.3 is 6.03 Å². The minimum absolute atomic E-state index is 0.0926. The Morgan fingerprint density at radius 2 is 2.00 bits per heavy atom. The lowest BCUT2D eigenvalue weighted by Crippen LogP contribution is -2.37. The number of rotatable bonds is 7. The Labute approximate surface area is 128 Å². The van der Waals surface area contributed by atoms with Crippen molar-refractivity contribution in [3.8, 4) is 5.75 Å². The van der Waals surface area contributed by atoms with E-state index in [4.69, 9.17) is 4.74 Å². The molecule has 1 unspecified atom stereocenters. The molecule has 2 N–H and O–H groups in total. The van der Waals surface area contributed by atoms with Crippen LogP contribution in [0, 0.1) is 12.8 Å². The molecule has 1 rings (SSSR count). The molecule has 0 aliphatic heterocycles. The second-order valence-electron chi connectivity index (χ2n) is 5.90. The van der Waals surface area contributed by atoms with Gasteiger partial charge in [0, 0.05) is 12.1 Å². The molecular weight excluding hydrogens is 264 g/mol. The molecule has 0 bridgehead atoms. The van der Waals surface area contributed by atoms with Gasteiger partial charge in [-0.25, -0.2) is 4.79 Å². The number of hydrogen-bond donors (Lipinski definition) is 2. The zero-order valence-corrected chi connectivity index (χ0v) is 13.8. The fourth-order valence-corrected chi connectivity index (χ4v) is 2.23. The maximum atomic E-state index is 11.9. The van der Waals surface area contributed by atoms with Gasteiger partial charge in [0.2, 0.25) is 0 Å². The van der Waals surface area contributed by atoms with Crippen LogP contribution in [0.15, 0.2) is 18.2 Å². The van der Waals surface area contributed by atoms with Crippen molar-refractivity contribution in [2.75, 3.05) is 13.7 Å². The number of nitrogens with one attached hydrogen (secondary N) is 2. The third kappa shape index (κ3) is 6.06. The molecule has 1 atom stereocenters. The van der Waals surface area contributed by atoms with Crippen LogP contribution in [0.5, 0.6) is 5.75 Å². The van der Waals surface area contributed by atoms with E-state index >= 15 is 0 Å². The summed E-state index contributed by atoms with van der Waals surface area (Å²) >= 11 is 0. The first-order valence-electron chi connectivity index (χ1n) is 7.63. The second kappa shape index (κ2) is 8.55. The van der Waals surface area contributed by atoms with E-state index in [1.807, 2.05) is 32.0 Å². The van der Waals surface area contributed by atoms with E-state index in [1.54, 1.807) is 7.11 Å². The van der Waals surface area contributed by atoms with Crippen molar-refractivity contribution in [3.63, 3.8) is 0 Å². The molecule has 0 saturated carbocycles. The van der Waals surface area contributed by atoms with Crippen molar-refractivity contribution in [2.45, 2.75) is 46.6 Å². The number of aryl methyl sites for hydroxylation is 1. The predicted octanol–water partition coefficient (Wildman–Crippen LogP) is 3.80. The number of carbonyl (C=O) groups is 1. The topological polar surface area (TPSA) is 50.4 Å². The van der Waals surface area contributed by atoms with Crippen LogP contribution >= 0.6 is 0 Å². The van der Waals surface area contributed by atoms with Crippen LogP contribution < -0.4 is 15.4 Å². The van der Waals surface area contributed by atoms with Crippen LogP contribution in [0.3, 0.4) is 0 Å². The van der Waals surface area contributed by atoms with Gasteiger partial charge in [-0.15, -0.1) is 0 Å². The van der Waals surface area contributed by atoms with Crippen molar-refractivity contribution in [1.82, 2.24) is 10.6 Å². The van der Waals surface area contributed by atoms with Crippen molar-refractivity contribution >= 4 is 6.03 Å². The molecule has 0 heterocycles. The van der Waals surface area contributed by atoms with Crippen molar-refractivity contribution in [1.29, 1.82) is 0 Å². The van der Waals surface area contributed by atoms with Crippen LogP contribution in [0.1, 0.15) is 50.8 Å². The number of amides is 2. The highest BCUT2D eigenvalue weighted by Gasteiger charge is 2.13. The Morgan fingerprint density at radius 1 is 1.29 bits per heavy atom. The van der Waals surface area contributed by atoms with Crippen LogP contribution in [0.2, 0.25) is 0 Å². The predicted molar refractivity (Wildman–Crippen MR) is 86.8 cm³/mol. The SMILES string of the molecule is COc1ccc(C)cc1C(C)NC(=O)NCCCC(C)C. The molecule has 0 spiro atoms. The molecule has 0 fully saturated rings. The molecule has 2 amide bonds. The lowest BCUT2D eigenvalue weighted by atomic mass is 10.0. The lowest BCUT2D eigenvalue weighted by molar-refractivity contribution is 0.237. The van der Waals surface area contributed by atoms with Crippen LogP contribution in [-0.2, 0) is 0 Å². The smallest absolute Gasteiger partial charge is 0.315 e. The molecule has 21 heavy (non-hydrogen) atoms. The summed E-state index contributed by atoms with van der Waals surface area (Å²) in [6, 6.07) is 5.76. The quantitative estimate of drug-likeness (QED) is 0.751. The van der Waals surface area contributed by atoms with Crippen LogP contribution in [-0.4, -0.2) is 19.7 Å². The molecular formula is C17H28N2O2. The minimum Gasteiger partial charge on any atom is -0.496 e. The highest BCUT2D eigenvalue weighted by atomic mass is 16.5. The Morgan fingerprint density at radius 3 is 2.62 bits per heavy atom. The fourth-order valence-electron chi connectivity index (χ4n) is 2.23. The maximum Gasteiger partial charge on any atom is 0.315 e. The number of methoxy groups -OCH3 is 1. The molecule has 1 aromatic rings. The van der Waals surface area contributed by atoms with Gasteiger partial charge in [0.15, 0.2) is 0 Å². The summed E-state index contributed by atoms with van der Waals surface area (Å²) in [5.74, 6) is 1.47. The van der Waals surface area contributed by atoms with Gasteiger partial charge in [-0.3, -0.25) is 0 Å². The molecule has 0 aliphatic rings. The Kier molecular flexibility index (Phi) is 7.06. The molecule has 0 saturated heterocycles. The average molecular weight is 292 g/mol. The third-order valence-corrected chi connectivity index (χ3v) is 3.44. The Bertz CT molecular complexity index is 458. The van der Waals surface area contributed by atoms with E-state index in [1.165, 1.54) is 0 Å². The monoisotopic (exact) mass is 292 g/mol. The largest absolute Gasteiger partial charge is 0.496 e. The van der Waals surface area contributed by atoms with Gasteiger partial charge < -0.3 is 15.4 Å². The van der Waals surface area contributed by atoms with Crippen LogP contribution in [0.4, 0.5) is 4.79 Å². The van der Waals surface area contributed by atoms with E-state index < -0.39 is 0 Å². The number of carbonyl (C=O) groups excluding carboxylic acids is 1. The van der Waals surface area contributed by atoms with Crippen molar-refractivity contribution in [3.05, 3.63) is 29.3 Å². The highest BCUT2D eigenvalue weighted by molar-refractivity contribution is 5.74. The molecule has 4 nitrogen and oxygen atoms in total. The van der Waals surface area contributed by atoms with Crippen molar-refractivity contribution in [2.24, 2.45) is 5.92 Å². The highest BCUT2D eigenvalue weighted by Crippen LogP contribution is 2.25. The molecule has 0 aliphatic carbocycles. The summed E-state index contributed by atoms with van der Waals surface area (Å²) in [6.45, 7) is 9.08. The van der Waals surface area contributed by atoms with Gasteiger partial charge in [0.25, 0.3) is 0 Å².